The van der Waals surface area contributed by atoms with Crippen LogP contribution < -0.4 is 10.1 Å². The third kappa shape index (κ3) is 7.01. The minimum atomic E-state index is -0.718. The summed E-state index contributed by atoms with van der Waals surface area (Å²) in [6.07, 6.45) is 0.237. The van der Waals surface area contributed by atoms with Gasteiger partial charge in [-0.05, 0) is 35.4 Å². The fourth-order valence-electron chi connectivity index (χ4n) is 2.94. The summed E-state index contributed by atoms with van der Waals surface area (Å²) in [4.78, 5) is 23.4. The zero-order valence-corrected chi connectivity index (χ0v) is 17.7. The topological polar surface area (TPSA) is 90.7 Å². The van der Waals surface area contributed by atoms with Gasteiger partial charge in [-0.2, -0.15) is 0 Å². The number of hydrogen-bond acceptors (Lipinski definition) is 6. The molecule has 0 bridgehead atoms. The molecule has 0 spiro atoms. The number of hydrogen-bond donors (Lipinski definition) is 1. The lowest BCUT2D eigenvalue weighted by Crippen LogP contribution is -2.33. The Hall–Kier alpha value is -3.58. The molecule has 0 heterocycles. The van der Waals surface area contributed by atoms with Crippen LogP contribution in [-0.4, -0.2) is 24.0 Å². The van der Waals surface area contributed by atoms with Crippen LogP contribution in [0.5, 0.6) is 5.75 Å². The number of nitro groups is 1. The largest absolute Gasteiger partial charge is 0.497 e. The van der Waals surface area contributed by atoms with Gasteiger partial charge in [0.25, 0.3) is 5.69 Å². The molecule has 1 atom stereocenters. The third-order valence-electron chi connectivity index (χ3n) is 4.50. The van der Waals surface area contributed by atoms with Gasteiger partial charge in [0.05, 0.1) is 12.0 Å². The van der Waals surface area contributed by atoms with E-state index in [-0.39, 0.29) is 31.1 Å². The van der Waals surface area contributed by atoms with Crippen molar-refractivity contribution in [1.29, 1.82) is 0 Å². The van der Waals surface area contributed by atoms with Gasteiger partial charge < -0.3 is 14.8 Å². The van der Waals surface area contributed by atoms with Crippen LogP contribution in [0.4, 0.5) is 11.4 Å². The number of carbonyl (C=O) groups excluding carboxylic acids is 1. The van der Waals surface area contributed by atoms with E-state index in [0.29, 0.717) is 17.0 Å². The molecule has 0 aromatic heterocycles. The van der Waals surface area contributed by atoms with Crippen LogP contribution in [0.25, 0.3) is 0 Å². The van der Waals surface area contributed by atoms with Crippen molar-refractivity contribution >= 4 is 29.8 Å². The van der Waals surface area contributed by atoms with E-state index in [4.69, 9.17) is 9.47 Å². The highest BCUT2D eigenvalue weighted by atomic mass is 35.5. The molecule has 0 aliphatic carbocycles. The number of halogens is 1. The first-order valence-corrected chi connectivity index (χ1v) is 9.39. The Bertz CT molecular complexity index is 996. The van der Waals surface area contributed by atoms with Crippen LogP contribution >= 0.6 is 12.4 Å². The molecule has 3 aromatic rings. The number of anilines is 1. The summed E-state index contributed by atoms with van der Waals surface area (Å²) >= 11 is 0. The predicted octanol–water partition coefficient (Wildman–Crippen LogP) is 4.79. The fourth-order valence-corrected chi connectivity index (χ4v) is 2.94. The van der Waals surface area contributed by atoms with E-state index in [1.54, 1.807) is 43.5 Å². The summed E-state index contributed by atoms with van der Waals surface area (Å²) in [5, 5.41) is 14.2. The number of nitrogens with zero attached hydrogens (tertiary/aromatic N) is 1. The zero-order valence-electron chi connectivity index (χ0n) is 16.9. The van der Waals surface area contributed by atoms with Crippen molar-refractivity contribution in [2.75, 3.05) is 12.4 Å². The van der Waals surface area contributed by atoms with Gasteiger partial charge in [-0.3, -0.25) is 10.1 Å². The highest BCUT2D eigenvalue weighted by Gasteiger charge is 2.22. The van der Waals surface area contributed by atoms with Crippen LogP contribution in [-0.2, 0) is 22.6 Å². The molecule has 0 aliphatic heterocycles. The van der Waals surface area contributed by atoms with Gasteiger partial charge in [-0.15, -0.1) is 12.4 Å². The van der Waals surface area contributed by atoms with E-state index in [2.05, 4.69) is 5.32 Å². The van der Waals surface area contributed by atoms with Gasteiger partial charge in [0, 0.05) is 24.2 Å². The maximum Gasteiger partial charge on any atom is 0.329 e. The number of methoxy groups -OCH3 is 1. The Kier molecular flexibility index (Phi) is 8.84. The Balaban J connectivity index is 0.00000341. The fraction of sp³-hybridized carbons (Fsp3) is 0.174. The molecule has 0 saturated carbocycles. The van der Waals surface area contributed by atoms with Crippen LogP contribution in [0.1, 0.15) is 11.1 Å². The standard InChI is InChI=1S/C23H22N2O5.ClH/c1-29-21-12-10-19(11-13-21)24-22(15-18-8-5-9-20(14-18)25(27)28)23(26)30-16-17-6-3-2-4-7-17;/h2-14,22,24H,15-16H2,1H3;1H. The molecule has 0 amide bonds. The summed E-state index contributed by atoms with van der Waals surface area (Å²) < 4.78 is 10.7. The van der Waals surface area contributed by atoms with Crippen LogP contribution in [0.15, 0.2) is 78.9 Å². The first-order chi connectivity index (χ1) is 14.5. The minimum absolute atomic E-state index is 0. The second kappa shape index (κ2) is 11.6. The van der Waals surface area contributed by atoms with Gasteiger partial charge in [0.1, 0.15) is 18.4 Å². The van der Waals surface area contributed by atoms with E-state index in [9.17, 15) is 14.9 Å². The average molecular weight is 443 g/mol. The highest BCUT2D eigenvalue weighted by Crippen LogP contribution is 2.20. The molecule has 31 heavy (non-hydrogen) atoms. The quantitative estimate of drug-likeness (QED) is 0.291. The van der Waals surface area contributed by atoms with Crippen molar-refractivity contribution in [3.05, 3.63) is 100 Å². The van der Waals surface area contributed by atoms with E-state index in [0.717, 1.165) is 5.56 Å². The van der Waals surface area contributed by atoms with Crippen molar-refractivity contribution < 1.29 is 19.2 Å². The van der Waals surface area contributed by atoms with Gasteiger partial charge in [-0.1, -0.05) is 42.5 Å². The van der Waals surface area contributed by atoms with Crippen LogP contribution in [0.2, 0.25) is 0 Å². The molecule has 3 rings (SSSR count). The Labute approximate surface area is 186 Å². The SMILES string of the molecule is COc1ccc(NC(Cc2cccc([N+](=O)[O-])c2)C(=O)OCc2ccccc2)cc1.Cl. The third-order valence-corrected chi connectivity index (χ3v) is 4.50. The Morgan fingerprint density at radius 2 is 1.68 bits per heavy atom. The molecule has 3 aromatic carbocycles. The lowest BCUT2D eigenvalue weighted by atomic mass is 10.0. The van der Waals surface area contributed by atoms with Crippen LogP contribution in [0.3, 0.4) is 0 Å². The minimum Gasteiger partial charge on any atom is -0.497 e. The van der Waals surface area contributed by atoms with Crippen molar-refractivity contribution in [3.63, 3.8) is 0 Å². The predicted molar refractivity (Wildman–Crippen MR) is 121 cm³/mol. The lowest BCUT2D eigenvalue weighted by molar-refractivity contribution is -0.384. The number of non-ortho nitro benzene ring substituents is 1. The molecule has 7 nitrogen and oxygen atoms in total. The molecule has 0 fully saturated rings. The first kappa shape index (κ1) is 23.7. The molecule has 162 valence electrons. The van der Waals surface area contributed by atoms with Crippen molar-refractivity contribution in [3.8, 4) is 5.75 Å². The monoisotopic (exact) mass is 442 g/mol. The van der Waals surface area contributed by atoms with E-state index in [1.807, 2.05) is 30.3 Å². The maximum atomic E-state index is 12.8. The summed E-state index contributed by atoms with van der Waals surface area (Å²) in [5.74, 6) is 0.253. The molecule has 0 saturated heterocycles. The lowest BCUT2D eigenvalue weighted by Gasteiger charge is -2.19. The molecule has 0 aliphatic rings. The summed E-state index contributed by atoms with van der Waals surface area (Å²) in [6.45, 7) is 0.148. The number of nitro benzene ring substituents is 1. The average Bonchev–Trinajstić information content (AvgIpc) is 2.78. The number of benzene rings is 3. The van der Waals surface area contributed by atoms with Crippen molar-refractivity contribution in [2.24, 2.45) is 0 Å². The van der Waals surface area contributed by atoms with E-state index in [1.165, 1.54) is 12.1 Å². The number of carbonyl (C=O) groups is 1. The molecule has 1 N–H and O–H groups in total. The Morgan fingerprint density at radius 3 is 2.32 bits per heavy atom. The number of ether oxygens (including phenoxy) is 2. The molecular weight excluding hydrogens is 420 g/mol. The second-order valence-electron chi connectivity index (χ2n) is 6.65. The highest BCUT2D eigenvalue weighted by molar-refractivity contribution is 5.85. The molecule has 8 heteroatoms. The smallest absolute Gasteiger partial charge is 0.329 e. The zero-order chi connectivity index (χ0) is 21.3. The second-order valence-corrected chi connectivity index (χ2v) is 6.65. The number of nitrogens with one attached hydrogen (secondary N) is 1. The maximum absolute atomic E-state index is 12.8. The van der Waals surface area contributed by atoms with Crippen molar-refractivity contribution in [1.82, 2.24) is 0 Å². The van der Waals surface area contributed by atoms with Gasteiger partial charge in [0.2, 0.25) is 0 Å². The summed E-state index contributed by atoms with van der Waals surface area (Å²) in [7, 11) is 1.58. The molecule has 0 radical (unpaired) electrons. The Morgan fingerprint density at radius 1 is 1.00 bits per heavy atom. The molecule has 1 unspecified atom stereocenters. The molecular formula is C23H23ClN2O5. The number of esters is 1. The summed E-state index contributed by atoms with van der Waals surface area (Å²) in [6, 6.07) is 22.1. The van der Waals surface area contributed by atoms with Gasteiger partial charge in [-0.25, -0.2) is 4.79 Å². The first-order valence-electron chi connectivity index (χ1n) is 9.39. The van der Waals surface area contributed by atoms with Gasteiger partial charge in [0.15, 0.2) is 0 Å². The number of rotatable bonds is 9. The van der Waals surface area contributed by atoms with Crippen LogP contribution in [0, 0.1) is 10.1 Å². The van der Waals surface area contributed by atoms with E-state index >= 15 is 0 Å². The van der Waals surface area contributed by atoms with Crippen molar-refractivity contribution in [2.45, 2.75) is 19.1 Å². The van der Waals surface area contributed by atoms with Gasteiger partial charge >= 0.3 is 5.97 Å². The van der Waals surface area contributed by atoms with E-state index < -0.39 is 16.9 Å². The normalized spacial score (nSPS) is 11.0. The summed E-state index contributed by atoms with van der Waals surface area (Å²) in [5.41, 5.74) is 2.23.